The first-order chi connectivity index (χ1) is 9.91. The lowest BCUT2D eigenvalue weighted by Crippen LogP contribution is -2.11. The molecule has 4 nitrogen and oxygen atoms in total. The van der Waals surface area contributed by atoms with Crippen molar-refractivity contribution in [3.05, 3.63) is 58.4 Å². The summed E-state index contributed by atoms with van der Waals surface area (Å²) < 4.78 is 5.47. The Bertz CT molecular complexity index is 671. The number of nitrogens with one attached hydrogen (secondary N) is 1. The number of Topliss-reactive ketones (excluding diaryl/α,β-unsaturated/α-hetero) is 1. The molecule has 2 aromatic rings. The standard InChI is InChI=1S/C17H19NO3/c1-10-15(12(3)19)11(2)18-16(10)17(20)21-13(4)14-8-6-5-7-9-14/h5-9,13,18H,1-4H3. The Hall–Kier alpha value is -2.36. The van der Waals surface area contributed by atoms with Gasteiger partial charge in [-0.05, 0) is 38.8 Å². The monoisotopic (exact) mass is 285 g/mol. The van der Waals surface area contributed by atoms with Gasteiger partial charge in [0.05, 0.1) is 0 Å². The van der Waals surface area contributed by atoms with Crippen LogP contribution in [0.2, 0.25) is 0 Å². The zero-order chi connectivity index (χ0) is 15.6. The van der Waals surface area contributed by atoms with Crippen LogP contribution in [-0.2, 0) is 4.74 Å². The molecule has 0 amide bonds. The average molecular weight is 285 g/mol. The fraction of sp³-hybridized carbons (Fsp3) is 0.294. The van der Waals surface area contributed by atoms with Crippen LogP contribution < -0.4 is 0 Å². The van der Waals surface area contributed by atoms with E-state index >= 15 is 0 Å². The molecule has 0 aliphatic carbocycles. The molecule has 0 saturated carbocycles. The number of H-pyrrole nitrogens is 1. The third kappa shape index (κ3) is 3.05. The predicted molar refractivity (Wildman–Crippen MR) is 80.5 cm³/mol. The van der Waals surface area contributed by atoms with E-state index < -0.39 is 5.97 Å². The van der Waals surface area contributed by atoms with Crippen LogP contribution in [0.3, 0.4) is 0 Å². The smallest absolute Gasteiger partial charge is 0.355 e. The van der Waals surface area contributed by atoms with E-state index in [2.05, 4.69) is 4.98 Å². The number of ketones is 1. The molecule has 110 valence electrons. The minimum Gasteiger partial charge on any atom is -0.453 e. The second-order valence-electron chi connectivity index (χ2n) is 5.14. The topological polar surface area (TPSA) is 59.2 Å². The highest BCUT2D eigenvalue weighted by atomic mass is 16.5. The van der Waals surface area contributed by atoms with Crippen molar-refractivity contribution < 1.29 is 14.3 Å². The molecule has 2 rings (SSSR count). The van der Waals surface area contributed by atoms with E-state index in [-0.39, 0.29) is 11.9 Å². The Morgan fingerprint density at radius 2 is 1.76 bits per heavy atom. The van der Waals surface area contributed by atoms with E-state index in [1.807, 2.05) is 37.3 Å². The van der Waals surface area contributed by atoms with Crippen LogP contribution in [-0.4, -0.2) is 16.7 Å². The molecule has 0 bridgehead atoms. The van der Waals surface area contributed by atoms with Crippen LogP contribution in [0.25, 0.3) is 0 Å². The van der Waals surface area contributed by atoms with Crippen LogP contribution in [0, 0.1) is 13.8 Å². The van der Waals surface area contributed by atoms with Gasteiger partial charge in [0, 0.05) is 11.3 Å². The number of carbonyl (C=O) groups excluding carboxylic acids is 2. The van der Waals surface area contributed by atoms with Gasteiger partial charge in [0.1, 0.15) is 11.8 Å². The number of hydrogen-bond acceptors (Lipinski definition) is 3. The molecule has 0 aliphatic rings. The van der Waals surface area contributed by atoms with Crippen LogP contribution in [0.4, 0.5) is 0 Å². The highest BCUT2D eigenvalue weighted by Crippen LogP contribution is 2.22. The van der Waals surface area contributed by atoms with Crippen molar-refractivity contribution in [1.82, 2.24) is 4.98 Å². The molecule has 0 spiro atoms. The number of aryl methyl sites for hydroxylation is 1. The molecule has 1 atom stereocenters. The first kappa shape index (κ1) is 15.0. The number of esters is 1. The largest absolute Gasteiger partial charge is 0.453 e. The van der Waals surface area contributed by atoms with Gasteiger partial charge < -0.3 is 9.72 Å². The van der Waals surface area contributed by atoms with Crippen LogP contribution in [0.1, 0.15) is 57.6 Å². The second kappa shape index (κ2) is 5.95. The zero-order valence-electron chi connectivity index (χ0n) is 12.7. The van der Waals surface area contributed by atoms with Crippen molar-refractivity contribution in [2.45, 2.75) is 33.8 Å². The maximum atomic E-state index is 12.3. The minimum absolute atomic E-state index is 0.0589. The molecule has 0 saturated heterocycles. The number of rotatable bonds is 4. The maximum Gasteiger partial charge on any atom is 0.355 e. The Morgan fingerprint density at radius 1 is 1.14 bits per heavy atom. The fourth-order valence-corrected chi connectivity index (χ4v) is 2.49. The Kier molecular flexibility index (Phi) is 4.26. The van der Waals surface area contributed by atoms with E-state index in [4.69, 9.17) is 4.74 Å². The molecule has 0 radical (unpaired) electrons. The van der Waals surface area contributed by atoms with Crippen LogP contribution >= 0.6 is 0 Å². The van der Waals surface area contributed by atoms with Crippen molar-refractivity contribution in [2.24, 2.45) is 0 Å². The highest BCUT2D eigenvalue weighted by Gasteiger charge is 2.22. The summed E-state index contributed by atoms with van der Waals surface area (Å²) in [7, 11) is 0. The van der Waals surface area contributed by atoms with Crippen LogP contribution in [0.15, 0.2) is 30.3 Å². The molecule has 1 unspecified atom stereocenters. The quantitative estimate of drug-likeness (QED) is 0.687. The number of carbonyl (C=O) groups is 2. The number of ether oxygens (including phenoxy) is 1. The summed E-state index contributed by atoms with van der Waals surface area (Å²) in [6.45, 7) is 6.85. The third-order valence-electron chi connectivity index (χ3n) is 3.55. The zero-order valence-corrected chi connectivity index (χ0v) is 12.7. The summed E-state index contributed by atoms with van der Waals surface area (Å²) in [6.07, 6.45) is -0.345. The van der Waals surface area contributed by atoms with Crippen molar-refractivity contribution in [2.75, 3.05) is 0 Å². The fourth-order valence-electron chi connectivity index (χ4n) is 2.49. The van der Waals surface area contributed by atoms with Crippen molar-refractivity contribution in [3.63, 3.8) is 0 Å². The van der Waals surface area contributed by atoms with Crippen molar-refractivity contribution in [1.29, 1.82) is 0 Å². The molecular weight excluding hydrogens is 266 g/mol. The second-order valence-corrected chi connectivity index (χ2v) is 5.14. The molecule has 1 aromatic carbocycles. The van der Waals surface area contributed by atoms with E-state index in [0.29, 0.717) is 22.5 Å². The Balaban J connectivity index is 2.22. The van der Waals surface area contributed by atoms with E-state index in [1.54, 1.807) is 13.8 Å². The van der Waals surface area contributed by atoms with Gasteiger partial charge >= 0.3 is 5.97 Å². The molecule has 21 heavy (non-hydrogen) atoms. The molecule has 4 heteroatoms. The summed E-state index contributed by atoms with van der Waals surface area (Å²) >= 11 is 0. The maximum absolute atomic E-state index is 12.3. The van der Waals surface area contributed by atoms with Gasteiger partial charge in [0.15, 0.2) is 5.78 Å². The molecular formula is C17H19NO3. The minimum atomic E-state index is -0.445. The molecule has 1 heterocycles. The molecule has 0 aliphatic heterocycles. The van der Waals surface area contributed by atoms with E-state index in [1.165, 1.54) is 6.92 Å². The van der Waals surface area contributed by atoms with Gasteiger partial charge in [-0.25, -0.2) is 4.79 Å². The average Bonchev–Trinajstić information content (AvgIpc) is 2.75. The van der Waals surface area contributed by atoms with Gasteiger partial charge in [-0.2, -0.15) is 0 Å². The van der Waals surface area contributed by atoms with Gasteiger partial charge in [0.2, 0.25) is 0 Å². The lowest BCUT2D eigenvalue weighted by molar-refractivity contribution is 0.0330. The molecule has 1 aromatic heterocycles. The van der Waals surface area contributed by atoms with Gasteiger partial charge in [0.25, 0.3) is 0 Å². The lowest BCUT2D eigenvalue weighted by atomic mass is 10.1. The molecule has 0 fully saturated rings. The SMILES string of the molecule is CC(=O)c1c(C)[nH]c(C(=O)OC(C)c2ccccc2)c1C. The van der Waals surface area contributed by atoms with Gasteiger partial charge in [-0.3, -0.25) is 4.79 Å². The molecule has 1 N–H and O–H groups in total. The summed E-state index contributed by atoms with van der Waals surface area (Å²) in [6, 6.07) is 9.53. The van der Waals surface area contributed by atoms with Crippen LogP contribution in [0.5, 0.6) is 0 Å². The highest BCUT2D eigenvalue weighted by molar-refractivity contribution is 6.01. The summed E-state index contributed by atoms with van der Waals surface area (Å²) in [5.41, 5.74) is 3.18. The van der Waals surface area contributed by atoms with E-state index in [9.17, 15) is 9.59 Å². The summed E-state index contributed by atoms with van der Waals surface area (Å²) in [4.78, 5) is 26.8. The normalized spacial score (nSPS) is 12.0. The predicted octanol–water partition coefficient (Wildman–Crippen LogP) is 3.75. The number of hydrogen-bond donors (Lipinski definition) is 1. The van der Waals surface area contributed by atoms with Gasteiger partial charge in [-0.15, -0.1) is 0 Å². The number of benzene rings is 1. The summed E-state index contributed by atoms with van der Waals surface area (Å²) in [5, 5.41) is 0. The van der Waals surface area contributed by atoms with E-state index in [0.717, 1.165) is 5.56 Å². The Morgan fingerprint density at radius 3 is 2.29 bits per heavy atom. The summed E-state index contributed by atoms with van der Waals surface area (Å²) in [5.74, 6) is -0.504. The first-order valence-corrected chi connectivity index (χ1v) is 6.87. The number of aromatic amines is 1. The van der Waals surface area contributed by atoms with Crippen molar-refractivity contribution in [3.8, 4) is 0 Å². The first-order valence-electron chi connectivity index (χ1n) is 6.87. The third-order valence-corrected chi connectivity index (χ3v) is 3.55. The number of aromatic nitrogens is 1. The van der Waals surface area contributed by atoms with Gasteiger partial charge in [-0.1, -0.05) is 30.3 Å². The lowest BCUT2D eigenvalue weighted by Gasteiger charge is -2.13. The van der Waals surface area contributed by atoms with Crippen molar-refractivity contribution >= 4 is 11.8 Å². The Labute approximate surface area is 124 Å².